The summed E-state index contributed by atoms with van der Waals surface area (Å²) in [6.07, 6.45) is 4.74. The number of urea groups is 1. The first kappa shape index (κ1) is 16.1. The quantitative estimate of drug-likeness (QED) is 0.897. The molecule has 6 heteroatoms. The molecule has 2 N–H and O–H groups in total. The van der Waals surface area contributed by atoms with E-state index in [1.165, 1.54) is 24.8 Å². The SMILES string of the molecule is O=C(Nc1ccon1)NC1CC[C@@H]2CN(Cc3ccccc3)C[C@@H]2C1. The molecule has 6 nitrogen and oxygen atoms in total. The predicted molar refractivity (Wildman–Crippen MR) is 95.0 cm³/mol. The van der Waals surface area contributed by atoms with Gasteiger partial charge in [0.1, 0.15) is 6.26 Å². The zero-order valence-corrected chi connectivity index (χ0v) is 14.2. The van der Waals surface area contributed by atoms with Crippen molar-refractivity contribution in [1.82, 2.24) is 15.4 Å². The van der Waals surface area contributed by atoms with Crippen molar-refractivity contribution in [3.05, 3.63) is 48.2 Å². The van der Waals surface area contributed by atoms with E-state index in [4.69, 9.17) is 4.52 Å². The maximum absolute atomic E-state index is 12.1. The molecular formula is C19H24N4O2. The average molecular weight is 340 g/mol. The minimum absolute atomic E-state index is 0.198. The Bertz CT molecular complexity index is 689. The average Bonchev–Trinajstić information content (AvgIpc) is 3.24. The summed E-state index contributed by atoms with van der Waals surface area (Å²) in [6, 6.07) is 12.3. The molecule has 1 aliphatic carbocycles. The van der Waals surface area contributed by atoms with Crippen LogP contribution < -0.4 is 10.6 Å². The topological polar surface area (TPSA) is 70.4 Å². The fourth-order valence-electron chi connectivity index (χ4n) is 4.25. The van der Waals surface area contributed by atoms with Gasteiger partial charge in [-0.15, -0.1) is 0 Å². The second-order valence-corrected chi connectivity index (χ2v) is 7.19. The van der Waals surface area contributed by atoms with E-state index >= 15 is 0 Å². The fraction of sp³-hybridized carbons (Fsp3) is 0.474. The van der Waals surface area contributed by atoms with Gasteiger partial charge in [0.15, 0.2) is 5.82 Å². The van der Waals surface area contributed by atoms with Crippen LogP contribution in [0.4, 0.5) is 10.6 Å². The van der Waals surface area contributed by atoms with Gasteiger partial charge in [-0.2, -0.15) is 0 Å². The van der Waals surface area contributed by atoms with Crippen LogP contribution in [0, 0.1) is 11.8 Å². The van der Waals surface area contributed by atoms with E-state index in [0.717, 1.165) is 31.8 Å². The lowest BCUT2D eigenvalue weighted by Gasteiger charge is -2.31. The molecule has 0 spiro atoms. The van der Waals surface area contributed by atoms with Crippen LogP contribution in [0.3, 0.4) is 0 Å². The maximum Gasteiger partial charge on any atom is 0.320 e. The summed E-state index contributed by atoms with van der Waals surface area (Å²) >= 11 is 0. The van der Waals surface area contributed by atoms with E-state index < -0.39 is 0 Å². The second-order valence-electron chi connectivity index (χ2n) is 7.19. The molecule has 2 fully saturated rings. The summed E-state index contributed by atoms with van der Waals surface area (Å²) in [4.78, 5) is 14.6. The van der Waals surface area contributed by atoms with Gasteiger partial charge in [0.05, 0.1) is 0 Å². The Kier molecular flexibility index (Phi) is 4.70. The van der Waals surface area contributed by atoms with E-state index in [9.17, 15) is 4.79 Å². The van der Waals surface area contributed by atoms with E-state index in [2.05, 4.69) is 51.0 Å². The van der Waals surface area contributed by atoms with Crippen molar-refractivity contribution < 1.29 is 9.32 Å². The van der Waals surface area contributed by atoms with Gasteiger partial charge in [0, 0.05) is 31.7 Å². The van der Waals surface area contributed by atoms with Gasteiger partial charge in [0.2, 0.25) is 0 Å². The van der Waals surface area contributed by atoms with Gasteiger partial charge in [-0.3, -0.25) is 10.2 Å². The molecule has 4 rings (SSSR count). The highest BCUT2D eigenvalue weighted by molar-refractivity contribution is 5.88. The smallest absolute Gasteiger partial charge is 0.320 e. The van der Waals surface area contributed by atoms with Gasteiger partial charge >= 0.3 is 6.03 Å². The number of hydrogen-bond acceptors (Lipinski definition) is 4. The molecule has 2 aromatic rings. The molecule has 2 aliphatic rings. The highest BCUT2D eigenvalue weighted by atomic mass is 16.5. The molecule has 1 saturated carbocycles. The number of fused-ring (bicyclic) bond motifs is 1. The van der Waals surface area contributed by atoms with Crippen LogP contribution in [-0.2, 0) is 6.54 Å². The Morgan fingerprint density at radius 1 is 1.16 bits per heavy atom. The lowest BCUT2D eigenvalue weighted by Crippen LogP contribution is -2.42. The van der Waals surface area contributed by atoms with Crippen LogP contribution in [0.5, 0.6) is 0 Å². The van der Waals surface area contributed by atoms with Crippen LogP contribution in [0.2, 0.25) is 0 Å². The van der Waals surface area contributed by atoms with Crippen LogP contribution >= 0.6 is 0 Å². The van der Waals surface area contributed by atoms with E-state index in [-0.39, 0.29) is 12.1 Å². The van der Waals surface area contributed by atoms with Crippen molar-refractivity contribution in [1.29, 1.82) is 0 Å². The van der Waals surface area contributed by atoms with Crippen LogP contribution in [0.1, 0.15) is 24.8 Å². The number of benzene rings is 1. The molecule has 1 aliphatic heterocycles. The highest BCUT2D eigenvalue weighted by Crippen LogP contribution is 2.36. The number of anilines is 1. The van der Waals surface area contributed by atoms with Gasteiger partial charge in [0.25, 0.3) is 0 Å². The number of hydrogen-bond donors (Lipinski definition) is 2. The van der Waals surface area contributed by atoms with E-state index in [1.54, 1.807) is 6.07 Å². The summed E-state index contributed by atoms with van der Waals surface area (Å²) in [5, 5.41) is 9.49. The van der Waals surface area contributed by atoms with Gasteiger partial charge in [-0.1, -0.05) is 35.5 Å². The monoisotopic (exact) mass is 340 g/mol. The van der Waals surface area contributed by atoms with Crippen molar-refractivity contribution in [2.24, 2.45) is 11.8 Å². The Morgan fingerprint density at radius 2 is 2.00 bits per heavy atom. The molecule has 1 saturated heterocycles. The van der Waals surface area contributed by atoms with Crippen molar-refractivity contribution in [2.75, 3.05) is 18.4 Å². The Morgan fingerprint density at radius 3 is 2.80 bits per heavy atom. The normalized spacial score (nSPS) is 26.2. The number of amides is 2. The summed E-state index contributed by atoms with van der Waals surface area (Å²) in [6.45, 7) is 3.33. The molecule has 1 aromatic carbocycles. The van der Waals surface area contributed by atoms with Crippen molar-refractivity contribution in [2.45, 2.75) is 31.8 Å². The van der Waals surface area contributed by atoms with Crippen LogP contribution in [0.15, 0.2) is 47.2 Å². The zero-order chi connectivity index (χ0) is 17.1. The minimum Gasteiger partial charge on any atom is -0.363 e. The summed E-state index contributed by atoms with van der Waals surface area (Å²) in [7, 11) is 0. The van der Waals surface area contributed by atoms with Crippen molar-refractivity contribution in [3.63, 3.8) is 0 Å². The van der Waals surface area contributed by atoms with Gasteiger partial charge in [-0.25, -0.2) is 4.79 Å². The standard InChI is InChI=1S/C19H24N4O2/c24-19(21-18-8-9-25-22-18)20-17-7-6-15-12-23(13-16(15)10-17)11-14-4-2-1-3-5-14/h1-5,8-9,15-17H,6-7,10-13H2,(H2,20,21,22,24)/t15-,16+,17?/m1/s1. The third-order valence-electron chi connectivity index (χ3n) is 5.39. The molecule has 1 aromatic heterocycles. The molecular weight excluding hydrogens is 316 g/mol. The zero-order valence-electron chi connectivity index (χ0n) is 14.2. The first-order valence-corrected chi connectivity index (χ1v) is 9.00. The molecule has 1 unspecified atom stereocenters. The molecule has 0 radical (unpaired) electrons. The second kappa shape index (κ2) is 7.27. The van der Waals surface area contributed by atoms with Crippen LogP contribution in [-0.4, -0.2) is 35.2 Å². The maximum atomic E-state index is 12.1. The third kappa shape index (κ3) is 4.02. The Balaban J connectivity index is 1.27. The third-order valence-corrected chi connectivity index (χ3v) is 5.39. The number of nitrogens with one attached hydrogen (secondary N) is 2. The summed E-state index contributed by atoms with van der Waals surface area (Å²) < 4.78 is 4.72. The molecule has 3 atom stereocenters. The van der Waals surface area contributed by atoms with E-state index in [0.29, 0.717) is 11.7 Å². The lowest BCUT2D eigenvalue weighted by atomic mass is 9.79. The summed E-state index contributed by atoms with van der Waals surface area (Å²) in [5.41, 5.74) is 1.38. The highest BCUT2D eigenvalue weighted by Gasteiger charge is 2.37. The summed E-state index contributed by atoms with van der Waals surface area (Å²) in [5.74, 6) is 1.89. The predicted octanol–water partition coefficient (Wildman–Crippen LogP) is 3.10. The van der Waals surface area contributed by atoms with Crippen LogP contribution in [0.25, 0.3) is 0 Å². The van der Waals surface area contributed by atoms with Crippen molar-refractivity contribution in [3.8, 4) is 0 Å². The largest absolute Gasteiger partial charge is 0.363 e. The minimum atomic E-state index is -0.198. The molecule has 0 bridgehead atoms. The van der Waals surface area contributed by atoms with Gasteiger partial charge in [-0.05, 0) is 36.7 Å². The molecule has 25 heavy (non-hydrogen) atoms. The lowest BCUT2D eigenvalue weighted by molar-refractivity contribution is 0.224. The Labute approximate surface area is 147 Å². The van der Waals surface area contributed by atoms with Crippen molar-refractivity contribution >= 4 is 11.8 Å². The number of nitrogens with zero attached hydrogens (tertiary/aromatic N) is 2. The molecule has 132 valence electrons. The number of aromatic nitrogens is 1. The fourth-order valence-corrected chi connectivity index (χ4v) is 4.25. The number of carbonyl (C=O) groups excluding carboxylic acids is 1. The van der Waals surface area contributed by atoms with Gasteiger partial charge < -0.3 is 9.84 Å². The Hall–Kier alpha value is -2.34. The number of rotatable bonds is 4. The number of likely N-dealkylation sites (tertiary alicyclic amines) is 1. The van der Waals surface area contributed by atoms with E-state index in [1.807, 2.05) is 0 Å². The number of carbonyl (C=O) groups is 1. The first-order valence-electron chi connectivity index (χ1n) is 9.00. The first-order chi connectivity index (χ1) is 12.3. The molecule has 2 amide bonds. The molecule has 2 heterocycles.